The molecule has 0 radical (unpaired) electrons. The van der Waals surface area contributed by atoms with Crippen molar-refractivity contribution in [3.63, 3.8) is 0 Å². The number of halogens is 1. The Morgan fingerprint density at radius 2 is 2.12 bits per heavy atom. The zero-order chi connectivity index (χ0) is 18.0. The molecule has 1 aromatic heterocycles. The van der Waals surface area contributed by atoms with E-state index in [1.54, 1.807) is 0 Å². The summed E-state index contributed by atoms with van der Waals surface area (Å²) in [5, 5.41) is 11.2. The van der Waals surface area contributed by atoms with Crippen LogP contribution in [0.1, 0.15) is 51.0 Å². The minimum Gasteiger partial charge on any atom is -0.382 e. The second-order valence-electron chi connectivity index (χ2n) is 7.13. The van der Waals surface area contributed by atoms with Crippen LogP contribution in [0.25, 0.3) is 0 Å². The number of ether oxygens (including phenoxy) is 1. The van der Waals surface area contributed by atoms with E-state index in [1.807, 2.05) is 25.0 Å². The molecule has 1 saturated carbocycles. The van der Waals surface area contributed by atoms with Crippen molar-refractivity contribution >= 4 is 29.9 Å². The smallest absolute Gasteiger partial charge is 0.190 e. The molecule has 0 unspecified atom stereocenters. The van der Waals surface area contributed by atoms with E-state index in [1.165, 1.54) is 31.2 Å². The molecule has 1 aromatic rings. The van der Waals surface area contributed by atoms with Crippen LogP contribution in [-0.2, 0) is 18.2 Å². The van der Waals surface area contributed by atoms with Crippen molar-refractivity contribution in [2.24, 2.45) is 17.5 Å². The second-order valence-corrected chi connectivity index (χ2v) is 7.13. The fraction of sp³-hybridized carbons (Fsp3) is 0.789. The minimum atomic E-state index is 0. The lowest BCUT2D eigenvalue weighted by Gasteiger charge is -2.30. The monoisotopic (exact) mass is 477 g/mol. The predicted molar refractivity (Wildman–Crippen MR) is 118 cm³/mol. The Balaban J connectivity index is 0.00000338. The maximum atomic E-state index is 5.60. The summed E-state index contributed by atoms with van der Waals surface area (Å²) in [6, 6.07) is 0. The van der Waals surface area contributed by atoms with Gasteiger partial charge in [-0.15, -0.1) is 24.0 Å². The predicted octanol–water partition coefficient (Wildman–Crippen LogP) is 3.12. The number of nitrogens with zero attached hydrogens (tertiary/aromatic N) is 3. The number of hydrogen-bond acceptors (Lipinski definition) is 3. The van der Waals surface area contributed by atoms with E-state index in [4.69, 9.17) is 4.74 Å². The maximum absolute atomic E-state index is 5.60. The van der Waals surface area contributed by atoms with Crippen molar-refractivity contribution in [2.75, 3.05) is 33.4 Å². The van der Waals surface area contributed by atoms with Crippen molar-refractivity contribution in [1.29, 1.82) is 0 Å². The molecule has 1 aliphatic rings. The third kappa shape index (κ3) is 7.82. The van der Waals surface area contributed by atoms with E-state index in [-0.39, 0.29) is 24.0 Å². The third-order valence-electron chi connectivity index (χ3n) is 5.19. The zero-order valence-corrected chi connectivity index (χ0v) is 18.9. The van der Waals surface area contributed by atoms with Crippen molar-refractivity contribution in [2.45, 2.75) is 51.9 Å². The van der Waals surface area contributed by atoms with Gasteiger partial charge in [0.05, 0.1) is 6.20 Å². The topological polar surface area (TPSA) is 63.5 Å². The van der Waals surface area contributed by atoms with Gasteiger partial charge in [0.1, 0.15) is 0 Å². The van der Waals surface area contributed by atoms with Gasteiger partial charge in [0.2, 0.25) is 0 Å². The fourth-order valence-electron chi connectivity index (χ4n) is 3.67. The van der Waals surface area contributed by atoms with Gasteiger partial charge in [-0.1, -0.05) is 12.8 Å². The summed E-state index contributed by atoms with van der Waals surface area (Å²) >= 11 is 0. The summed E-state index contributed by atoms with van der Waals surface area (Å²) in [7, 11) is 3.80. The Bertz CT molecular complexity index is 526. The van der Waals surface area contributed by atoms with Gasteiger partial charge in [0.15, 0.2) is 5.96 Å². The molecule has 7 heteroatoms. The highest BCUT2D eigenvalue weighted by atomic mass is 127. The number of aromatic nitrogens is 2. The molecule has 0 aromatic carbocycles. The first kappa shape index (κ1) is 23.2. The molecular weight excluding hydrogens is 441 g/mol. The molecule has 0 aliphatic heterocycles. The summed E-state index contributed by atoms with van der Waals surface area (Å²) in [6.45, 7) is 5.65. The van der Waals surface area contributed by atoms with Gasteiger partial charge in [-0.2, -0.15) is 5.10 Å². The Hall–Kier alpha value is -0.830. The number of nitrogens with one attached hydrogen (secondary N) is 2. The molecule has 0 spiro atoms. The Morgan fingerprint density at radius 1 is 1.35 bits per heavy atom. The normalized spacial score (nSPS) is 16.3. The highest BCUT2D eigenvalue weighted by molar-refractivity contribution is 14.0. The quantitative estimate of drug-likeness (QED) is 0.235. The Kier molecular flexibility index (Phi) is 11.2. The summed E-state index contributed by atoms with van der Waals surface area (Å²) in [4.78, 5) is 4.37. The number of hydrogen-bond donors (Lipinski definition) is 2. The van der Waals surface area contributed by atoms with Gasteiger partial charge in [0.25, 0.3) is 0 Å². The van der Waals surface area contributed by atoms with Crippen LogP contribution in [-0.4, -0.2) is 49.1 Å². The minimum absolute atomic E-state index is 0. The number of guanidine groups is 1. The van der Waals surface area contributed by atoms with Gasteiger partial charge in [-0.3, -0.25) is 9.67 Å². The first-order valence-corrected chi connectivity index (χ1v) is 9.67. The molecule has 1 fully saturated rings. The van der Waals surface area contributed by atoms with Crippen LogP contribution >= 0.6 is 24.0 Å². The summed E-state index contributed by atoms with van der Waals surface area (Å²) < 4.78 is 7.45. The van der Waals surface area contributed by atoms with Gasteiger partial charge in [-0.05, 0) is 50.0 Å². The number of rotatable bonds is 10. The van der Waals surface area contributed by atoms with Crippen LogP contribution in [0.2, 0.25) is 0 Å². The lowest BCUT2D eigenvalue weighted by atomic mass is 9.83. The van der Waals surface area contributed by atoms with Crippen LogP contribution < -0.4 is 10.6 Å². The molecule has 2 rings (SSSR count). The van der Waals surface area contributed by atoms with Crippen molar-refractivity contribution in [3.8, 4) is 0 Å². The third-order valence-corrected chi connectivity index (χ3v) is 5.19. The van der Waals surface area contributed by atoms with E-state index >= 15 is 0 Å². The molecule has 2 N–H and O–H groups in total. The van der Waals surface area contributed by atoms with Gasteiger partial charge in [0, 0.05) is 46.6 Å². The molecule has 150 valence electrons. The molecule has 6 nitrogen and oxygen atoms in total. The molecule has 26 heavy (non-hydrogen) atoms. The van der Waals surface area contributed by atoms with Crippen LogP contribution in [0.3, 0.4) is 0 Å². The van der Waals surface area contributed by atoms with Crippen molar-refractivity contribution in [1.82, 2.24) is 20.4 Å². The van der Waals surface area contributed by atoms with E-state index in [2.05, 4.69) is 33.8 Å². The SMILES string of the molecule is CCOCCC1(CNC(=NC)NCCCc2cnn(C)c2)CCCC1.I. The Labute approximate surface area is 175 Å². The summed E-state index contributed by atoms with van der Waals surface area (Å²) in [5.74, 6) is 0.911. The van der Waals surface area contributed by atoms with Crippen LogP contribution in [0.4, 0.5) is 0 Å². The zero-order valence-electron chi connectivity index (χ0n) is 16.6. The van der Waals surface area contributed by atoms with Crippen molar-refractivity contribution < 1.29 is 4.74 Å². The van der Waals surface area contributed by atoms with Gasteiger partial charge < -0.3 is 15.4 Å². The van der Waals surface area contributed by atoms with Crippen molar-refractivity contribution in [3.05, 3.63) is 18.0 Å². The molecule has 0 amide bonds. The molecule has 0 bridgehead atoms. The van der Waals surface area contributed by atoms with E-state index < -0.39 is 0 Å². The Morgan fingerprint density at radius 3 is 2.73 bits per heavy atom. The molecule has 1 aliphatic carbocycles. The lowest BCUT2D eigenvalue weighted by molar-refractivity contribution is 0.105. The highest BCUT2D eigenvalue weighted by Gasteiger charge is 2.33. The molecule has 0 saturated heterocycles. The standard InChI is InChI=1S/C19H35N5O.HI/c1-4-25-13-11-19(9-5-6-10-19)16-22-18(20-2)21-12-7-8-17-14-23-24(3)15-17;/h14-15H,4-13,16H2,1-3H3,(H2,20,21,22);1H. The summed E-state index contributed by atoms with van der Waals surface area (Å²) in [5.41, 5.74) is 1.66. The average Bonchev–Trinajstić information content (AvgIpc) is 3.24. The molecule has 0 atom stereocenters. The molecular formula is C19H36IN5O. The van der Waals surface area contributed by atoms with Crippen LogP contribution in [0.15, 0.2) is 17.4 Å². The summed E-state index contributed by atoms with van der Waals surface area (Å²) in [6.07, 6.45) is 12.5. The maximum Gasteiger partial charge on any atom is 0.190 e. The van der Waals surface area contributed by atoms with Gasteiger partial charge >= 0.3 is 0 Å². The average molecular weight is 477 g/mol. The first-order valence-electron chi connectivity index (χ1n) is 9.67. The first-order chi connectivity index (χ1) is 12.2. The molecule has 1 heterocycles. The highest BCUT2D eigenvalue weighted by Crippen LogP contribution is 2.40. The van der Waals surface area contributed by atoms with E-state index in [9.17, 15) is 0 Å². The van der Waals surface area contributed by atoms with Crippen LogP contribution in [0, 0.1) is 5.41 Å². The van der Waals surface area contributed by atoms with E-state index in [0.29, 0.717) is 5.41 Å². The van der Waals surface area contributed by atoms with Crippen LogP contribution in [0.5, 0.6) is 0 Å². The number of aryl methyl sites for hydroxylation is 2. The van der Waals surface area contributed by atoms with E-state index in [0.717, 1.165) is 51.5 Å². The fourth-order valence-corrected chi connectivity index (χ4v) is 3.67. The van der Waals surface area contributed by atoms with Gasteiger partial charge in [-0.25, -0.2) is 0 Å². The second kappa shape index (κ2) is 12.5. The largest absolute Gasteiger partial charge is 0.382 e. The number of aliphatic imine (C=N–C) groups is 1. The lowest BCUT2D eigenvalue weighted by Crippen LogP contribution is -2.43.